The van der Waals surface area contributed by atoms with Crippen LogP contribution in [0.25, 0.3) is 0 Å². The van der Waals surface area contributed by atoms with Crippen molar-refractivity contribution in [2.45, 2.75) is 19.4 Å². The normalized spacial score (nSPS) is 18.5. The molecule has 1 fully saturated rings. The van der Waals surface area contributed by atoms with Gasteiger partial charge in [0.05, 0.1) is 18.4 Å². The molecule has 1 unspecified atom stereocenters. The van der Waals surface area contributed by atoms with Crippen LogP contribution < -0.4 is 10.9 Å². The van der Waals surface area contributed by atoms with Crippen LogP contribution >= 0.6 is 11.6 Å². The second-order valence-corrected chi connectivity index (χ2v) is 4.97. The molecule has 2 rings (SSSR count). The number of aromatic nitrogens is 2. The summed E-state index contributed by atoms with van der Waals surface area (Å²) in [6.45, 7) is 6.38. The number of nitrogens with zero attached hydrogens (tertiary/aromatic N) is 2. The Kier molecular flexibility index (Phi) is 4.99. The minimum Gasteiger partial charge on any atom is -0.382 e. The molecule has 5 nitrogen and oxygen atoms in total. The molecule has 19 heavy (non-hydrogen) atoms. The van der Waals surface area contributed by atoms with Crippen molar-refractivity contribution >= 4 is 17.3 Å². The van der Waals surface area contributed by atoms with E-state index >= 15 is 0 Å². The van der Waals surface area contributed by atoms with E-state index in [1.807, 2.05) is 0 Å². The van der Waals surface area contributed by atoms with Gasteiger partial charge in [-0.15, -0.1) is 6.58 Å². The summed E-state index contributed by atoms with van der Waals surface area (Å²) in [4.78, 5) is 11.9. The lowest BCUT2D eigenvalue weighted by atomic mass is 10.1. The first-order valence-electron chi connectivity index (χ1n) is 6.40. The maximum absolute atomic E-state index is 11.9. The average molecular weight is 284 g/mol. The summed E-state index contributed by atoms with van der Waals surface area (Å²) >= 11 is 6.03. The minimum absolute atomic E-state index is 0.180. The fourth-order valence-electron chi connectivity index (χ4n) is 2.06. The summed E-state index contributed by atoms with van der Waals surface area (Å²) in [7, 11) is 0. The van der Waals surface area contributed by atoms with Gasteiger partial charge in [-0.3, -0.25) is 4.79 Å². The second kappa shape index (κ2) is 6.73. The van der Waals surface area contributed by atoms with Gasteiger partial charge in [0.25, 0.3) is 5.56 Å². The van der Waals surface area contributed by atoms with Crippen LogP contribution in [0.5, 0.6) is 0 Å². The van der Waals surface area contributed by atoms with E-state index in [-0.39, 0.29) is 10.6 Å². The molecule has 1 N–H and O–H groups in total. The lowest BCUT2D eigenvalue weighted by Gasteiger charge is -2.11. The zero-order valence-corrected chi connectivity index (χ0v) is 11.5. The van der Waals surface area contributed by atoms with Crippen molar-refractivity contribution in [3.05, 3.63) is 34.2 Å². The smallest absolute Gasteiger partial charge is 0.287 e. The van der Waals surface area contributed by atoms with Gasteiger partial charge in [-0.2, -0.15) is 5.10 Å². The Hall–Kier alpha value is -1.33. The molecule has 1 aliphatic rings. The van der Waals surface area contributed by atoms with E-state index in [2.05, 4.69) is 17.0 Å². The van der Waals surface area contributed by atoms with Crippen molar-refractivity contribution < 1.29 is 4.74 Å². The molecule has 1 aromatic rings. The molecule has 0 amide bonds. The fraction of sp³-hybridized carbons (Fsp3) is 0.538. The maximum atomic E-state index is 11.9. The third-order valence-corrected chi connectivity index (χ3v) is 3.54. The summed E-state index contributed by atoms with van der Waals surface area (Å²) < 4.78 is 6.60. The molecular weight excluding hydrogens is 266 g/mol. The summed E-state index contributed by atoms with van der Waals surface area (Å²) in [5, 5.41) is 7.38. The Morgan fingerprint density at radius 3 is 3.21 bits per heavy atom. The first-order chi connectivity index (χ1) is 9.22. The van der Waals surface area contributed by atoms with Gasteiger partial charge in [-0.25, -0.2) is 4.68 Å². The molecular formula is C13H18ClN3O2. The summed E-state index contributed by atoms with van der Waals surface area (Å²) in [6, 6.07) is 0. The Morgan fingerprint density at radius 2 is 2.53 bits per heavy atom. The van der Waals surface area contributed by atoms with E-state index in [0.717, 1.165) is 32.6 Å². The summed E-state index contributed by atoms with van der Waals surface area (Å²) in [6.07, 6.45) is 5.30. The molecule has 1 aromatic heterocycles. The maximum Gasteiger partial charge on any atom is 0.287 e. The van der Waals surface area contributed by atoms with Gasteiger partial charge >= 0.3 is 0 Å². The third kappa shape index (κ3) is 3.58. The van der Waals surface area contributed by atoms with Crippen LogP contribution in [0.1, 0.15) is 12.8 Å². The Labute approximate surface area is 117 Å². The van der Waals surface area contributed by atoms with Gasteiger partial charge < -0.3 is 10.1 Å². The number of rotatable bonds is 6. The number of anilines is 1. The van der Waals surface area contributed by atoms with Gasteiger partial charge in [-0.05, 0) is 18.8 Å². The van der Waals surface area contributed by atoms with Crippen molar-refractivity contribution in [1.82, 2.24) is 9.78 Å². The predicted molar refractivity (Wildman–Crippen MR) is 75.7 cm³/mol. The number of ether oxygens (including phenoxy) is 1. The number of hydrogen-bond acceptors (Lipinski definition) is 4. The average Bonchev–Trinajstić information content (AvgIpc) is 2.91. The Balaban J connectivity index is 1.94. The van der Waals surface area contributed by atoms with Crippen LogP contribution in [-0.4, -0.2) is 29.5 Å². The lowest BCUT2D eigenvalue weighted by molar-refractivity contribution is 0.185. The molecule has 1 saturated heterocycles. The van der Waals surface area contributed by atoms with E-state index in [1.165, 1.54) is 4.68 Å². The monoisotopic (exact) mass is 283 g/mol. The van der Waals surface area contributed by atoms with Crippen LogP contribution in [-0.2, 0) is 11.3 Å². The van der Waals surface area contributed by atoms with E-state index in [4.69, 9.17) is 16.3 Å². The number of allylic oxidation sites excluding steroid dienone is 1. The SMILES string of the molecule is C=CCn1ncc(NCCC2CCOC2)c(Cl)c1=O. The van der Waals surface area contributed by atoms with Crippen molar-refractivity contribution in [2.24, 2.45) is 5.92 Å². The summed E-state index contributed by atoms with van der Waals surface area (Å²) in [5.41, 5.74) is 0.293. The first-order valence-corrected chi connectivity index (χ1v) is 6.78. The standard InChI is InChI=1S/C13H18ClN3O2/c1-2-6-17-13(18)12(14)11(8-16-17)15-5-3-10-4-7-19-9-10/h2,8,10,15H,1,3-7,9H2. The van der Waals surface area contributed by atoms with Gasteiger partial charge in [0.2, 0.25) is 0 Å². The van der Waals surface area contributed by atoms with E-state index in [9.17, 15) is 4.79 Å². The zero-order chi connectivity index (χ0) is 13.7. The second-order valence-electron chi connectivity index (χ2n) is 4.59. The van der Waals surface area contributed by atoms with Gasteiger partial charge in [0.15, 0.2) is 0 Å². The van der Waals surface area contributed by atoms with E-state index in [0.29, 0.717) is 18.2 Å². The number of nitrogens with one attached hydrogen (secondary N) is 1. The summed E-state index contributed by atoms with van der Waals surface area (Å²) in [5.74, 6) is 0.598. The molecule has 0 radical (unpaired) electrons. The van der Waals surface area contributed by atoms with Crippen molar-refractivity contribution in [3.8, 4) is 0 Å². The lowest BCUT2D eigenvalue weighted by Crippen LogP contribution is -2.24. The van der Waals surface area contributed by atoms with Gasteiger partial charge in [0.1, 0.15) is 5.02 Å². The van der Waals surface area contributed by atoms with Crippen LogP contribution in [0.4, 0.5) is 5.69 Å². The Bertz CT molecular complexity index is 495. The van der Waals surface area contributed by atoms with Crippen LogP contribution in [0, 0.1) is 5.92 Å². The highest BCUT2D eigenvalue weighted by atomic mass is 35.5. The molecule has 104 valence electrons. The first kappa shape index (κ1) is 14.1. The predicted octanol–water partition coefficient (Wildman–Crippen LogP) is 1.92. The highest BCUT2D eigenvalue weighted by molar-refractivity contribution is 6.32. The molecule has 0 aromatic carbocycles. The van der Waals surface area contributed by atoms with Crippen LogP contribution in [0.2, 0.25) is 5.02 Å². The van der Waals surface area contributed by atoms with Gasteiger partial charge in [-0.1, -0.05) is 17.7 Å². The molecule has 2 heterocycles. The topological polar surface area (TPSA) is 56.1 Å². The zero-order valence-electron chi connectivity index (χ0n) is 10.8. The van der Waals surface area contributed by atoms with E-state index in [1.54, 1.807) is 12.3 Å². The number of hydrogen-bond donors (Lipinski definition) is 1. The van der Waals surface area contributed by atoms with Crippen LogP contribution in [0.15, 0.2) is 23.6 Å². The van der Waals surface area contributed by atoms with Crippen molar-refractivity contribution in [2.75, 3.05) is 25.1 Å². The molecule has 6 heteroatoms. The molecule has 0 bridgehead atoms. The third-order valence-electron chi connectivity index (χ3n) is 3.18. The molecule has 0 saturated carbocycles. The van der Waals surface area contributed by atoms with Gasteiger partial charge in [0, 0.05) is 19.8 Å². The molecule has 0 spiro atoms. The van der Waals surface area contributed by atoms with Crippen LogP contribution in [0.3, 0.4) is 0 Å². The highest BCUT2D eigenvalue weighted by Gasteiger charge is 2.15. The van der Waals surface area contributed by atoms with Crippen molar-refractivity contribution in [1.29, 1.82) is 0 Å². The Morgan fingerprint density at radius 1 is 1.68 bits per heavy atom. The molecule has 1 atom stereocenters. The highest BCUT2D eigenvalue weighted by Crippen LogP contribution is 2.18. The number of halogens is 1. The fourth-order valence-corrected chi connectivity index (χ4v) is 2.28. The minimum atomic E-state index is -0.296. The van der Waals surface area contributed by atoms with Crippen molar-refractivity contribution in [3.63, 3.8) is 0 Å². The molecule has 0 aliphatic carbocycles. The van der Waals surface area contributed by atoms with E-state index < -0.39 is 0 Å². The largest absolute Gasteiger partial charge is 0.382 e. The quantitative estimate of drug-likeness (QED) is 0.811. The molecule has 1 aliphatic heterocycles.